The molecule has 7 bridgehead atoms. The molecule has 4 N–H and O–H groups in total. The Balaban J connectivity index is 1.57. The zero-order chi connectivity index (χ0) is 33.2. The number of aliphatic hydroxyl groups is 4. The molecule has 0 aromatic heterocycles. The third-order valence-corrected chi connectivity index (χ3v) is 13.4. The maximum Gasteiger partial charge on any atom is 0.302 e. The summed E-state index contributed by atoms with van der Waals surface area (Å²) in [6.45, 7) is 4.36. The topological polar surface area (TPSA) is 164 Å². The Bertz CT molecular complexity index is 1400. The number of hydrogen-bond acceptors (Lipinski definition) is 12. The molecule has 1 aromatic carbocycles. The summed E-state index contributed by atoms with van der Waals surface area (Å²) in [6.07, 6.45) is -5.47. The van der Waals surface area contributed by atoms with Crippen molar-refractivity contribution >= 4 is 11.8 Å². The lowest BCUT2D eigenvalue weighted by Crippen LogP contribution is -2.85. The van der Waals surface area contributed by atoms with Crippen molar-refractivity contribution in [3.8, 4) is 0 Å². The summed E-state index contributed by atoms with van der Waals surface area (Å²) in [5, 5.41) is 52.0. The van der Waals surface area contributed by atoms with Crippen LogP contribution in [0.3, 0.4) is 0 Å². The molecule has 6 fully saturated rings. The lowest BCUT2D eigenvalue weighted by molar-refractivity contribution is -0.348. The molecule has 0 amide bonds. The minimum Gasteiger partial charge on any atom is -0.462 e. The first-order valence-electron chi connectivity index (χ1n) is 16.3. The fourth-order valence-electron chi connectivity index (χ4n) is 12.6. The fraction of sp³-hybridized carbons (Fsp3) is 0.765. The highest BCUT2D eigenvalue weighted by atomic mass is 16.6. The maximum atomic E-state index is 14.6. The van der Waals surface area contributed by atoms with Gasteiger partial charge >= 0.3 is 5.97 Å². The predicted octanol–water partition coefficient (Wildman–Crippen LogP) is 0.0365. The monoisotopic (exact) mass is 645 g/mol. The summed E-state index contributed by atoms with van der Waals surface area (Å²) < 4.78 is 30.5. The van der Waals surface area contributed by atoms with E-state index in [1.165, 1.54) is 14.0 Å². The Labute approximate surface area is 268 Å². The van der Waals surface area contributed by atoms with Gasteiger partial charge in [-0.25, -0.2) is 0 Å². The SMILES string of the molecule is CCN1C[C@@]2(COC)[C@H]3[C@@H](OC)[C@H]4[C@@H]1[C@]3([C@@H](OC)C[C@H]2OC(C)=O)[C@]1(O)C[C@@]2(O)[C@H](C(=O)c3ccccc3)[C@@H]1[C@]4(O)[C@H](O)[C@@H]2OC. The first-order chi connectivity index (χ1) is 21.8. The van der Waals surface area contributed by atoms with Gasteiger partial charge in [-0.05, 0) is 6.54 Å². The van der Waals surface area contributed by atoms with E-state index in [4.69, 9.17) is 23.7 Å². The van der Waals surface area contributed by atoms with Crippen molar-refractivity contribution in [2.24, 2.45) is 34.5 Å². The van der Waals surface area contributed by atoms with Crippen LogP contribution in [0.25, 0.3) is 0 Å². The van der Waals surface area contributed by atoms with Gasteiger partial charge in [-0.15, -0.1) is 0 Å². The smallest absolute Gasteiger partial charge is 0.302 e. The van der Waals surface area contributed by atoms with Crippen LogP contribution >= 0.6 is 0 Å². The van der Waals surface area contributed by atoms with Gasteiger partial charge in [0.2, 0.25) is 0 Å². The second-order valence-electron chi connectivity index (χ2n) is 14.6. The molecule has 0 radical (unpaired) electrons. The van der Waals surface area contributed by atoms with Crippen molar-refractivity contribution in [2.75, 3.05) is 48.1 Å². The number of fused-ring (bicyclic) bond motifs is 2. The summed E-state index contributed by atoms with van der Waals surface area (Å²) >= 11 is 0. The molecular weight excluding hydrogens is 598 g/mol. The molecule has 12 nitrogen and oxygen atoms in total. The van der Waals surface area contributed by atoms with Gasteiger partial charge in [0.25, 0.3) is 0 Å². The number of aliphatic hydroxyl groups excluding tert-OH is 1. The molecule has 0 unspecified atom stereocenters. The molecule has 1 heterocycles. The molecule has 1 saturated heterocycles. The predicted molar refractivity (Wildman–Crippen MR) is 161 cm³/mol. The number of ether oxygens (including phenoxy) is 5. The standard InChI is InChI=1S/C34H47NO11/c1-7-35-15-30(16-42-3)19(46-17(2)36)13-20(43-4)33-26(30)24(44-5)22(27(33)35)34(41)25-21(23(37)18-11-9-8-10-12-18)31(39,14-32(25,33)40)29(45-6)28(34)38/h8-12,19-22,24-29,38-41H,7,13-16H2,1-6H3/t19-,20+,21-,22+,24+,25+,26-,27-,28-,29+,30+,31-,32+,33-,34+/m1/s1. The Kier molecular flexibility index (Phi) is 7.43. The number of ketones is 1. The summed E-state index contributed by atoms with van der Waals surface area (Å²) in [4.78, 5) is 29.4. The van der Waals surface area contributed by atoms with E-state index in [1.807, 2.05) is 6.92 Å². The normalized spacial score (nSPS) is 51.6. The maximum absolute atomic E-state index is 14.6. The molecule has 7 rings (SSSR count). The second-order valence-corrected chi connectivity index (χ2v) is 14.6. The van der Waals surface area contributed by atoms with Crippen molar-refractivity contribution in [2.45, 2.75) is 80.1 Å². The third-order valence-electron chi connectivity index (χ3n) is 13.4. The number of likely N-dealkylation sites (tertiary alicyclic amines) is 1. The summed E-state index contributed by atoms with van der Waals surface area (Å²) in [5.41, 5.74) is -8.05. The molecule has 5 saturated carbocycles. The zero-order valence-corrected chi connectivity index (χ0v) is 27.3. The van der Waals surface area contributed by atoms with Crippen LogP contribution < -0.4 is 0 Å². The van der Waals surface area contributed by atoms with E-state index in [-0.39, 0.29) is 19.4 Å². The number of benzene rings is 1. The fourth-order valence-corrected chi connectivity index (χ4v) is 12.6. The molecule has 12 heteroatoms. The van der Waals surface area contributed by atoms with Crippen molar-refractivity contribution in [1.29, 1.82) is 0 Å². The number of Topliss-reactive ketones (excluding diaryl/α,β-unsaturated/α-hetero) is 1. The number of piperidine rings is 1. The third kappa shape index (κ3) is 3.40. The number of rotatable bonds is 9. The van der Waals surface area contributed by atoms with Crippen LogP contribution in [0.4, 0.5) is 0 Å². The number of esters is 1. The Morgan fingerprint density at radius 3 is 2.24 bits per heavy atom. The van der Waals surface area contributed by atoms with Gasteiger partial charge in [-0.3, -0.25) is 14.5 Å². The average molecular weight is 646 g/mol. The Morgan fingerprint density at radius 1 is 0.978 bits per heavy atom. The first-order valence-corrected chi connectivity index (χ1v) is 16.3. The molecule has 1 aromatic rings. The van der Waals surface area contributed by atoms with Crippen molar-refractivity contribution in [1.82, 2.24) is 4.90 Å². The number of hydrogen-bond donors (Lipinski definition) is 4. The van der Waals surface area contributed by atoms with E-state index in [9.17, 15) is 30.0 Å². The van der Waals surface area contributed by atoms with Crippen LogP contribution in [0.1, 0.15) is 37.0 Å². The number of nitrogens with zero attached hydrogens (tertiary/aromatic N) is 1. The van der Waals surface area contributed by atoms with E-state index in [0.717, 1.165) is 0 Å². The van der Waals surface area contributed by atoms with Crippen LogP contribution in [0, 0.1) is 34.5 Å². The lowest BCUT2D eigenvalue weighted by atomic mass is 9.40. The Hall–Kier alpha value is -2.00. The molecule has 15 atom stereocenters. The minimum atomic E-state index is -2.15. The van der Waals surface area contributed by atoms with Gasteiger partial charge in [0.15, 0.2) is 5.78 Å². The summed E-state index contributed by atoms with van der Waals surface area (Å²) in [7, 11) is 6.00. The van der Waals surface area contributed by atoms with Crippen molar-refractivity contribution in [3.05, 3.63) is 35.9 Å². The van der Waals surface area contributed by atoms with E-state index in [1.54, 1.807) is 51.7 Å². The highest BCUT2D eigenvalue weighted by Crippen LogP contribution is 2.82. The number of methoxy groups -OCH3 is 4. The van der Waals surface area contributed by atoms with Gasteiger partial charge in [-0.1, -0.05) is 37.3 Å². The largest absolute Gasteiger partial charge is 0.462 e. The van der Waals surface area contributed by atoms with E-state index in [2.05, 4.69) is 4.90 Å². The number of carbonyl (C=O) groups excluding carboxylic acids is 2. The van der Waals surface area contributed by atoms with Gasteiger partial charge < -0.3 is 44.1 Å². The van der Waals surface area contributed by atoms with Gasteiger partial charge in [0.05, 0.1) is 30.3 Å². The van der Waals surface area contributed by atoms with Crippen LogP contribution in [-0.2, 0) is 28.5 Å². The Morgan fingerprint density at radius 2 is 1.67 bits per heavy atom. The zero-order valence-electron chi connectivity index (χ0n) is 27.3. The van der Waals surface area contributed by atoms with Crippen LogP contribution in [0.5, 0.6) is 0 Å². The van der Waals surface area contributed by atoms with Crippen molar-refractivity contribution in [3.63, 3.8) is 0 Å². The van der Waals surface area contributed by atoms with Crippen LogP contribution in [0.15, 0.2) is 30.3 Å². The number of carbonyl (C=O) groups is 2. The molecule has 46 heavy (non-hydrogen) atoms. The molecule has 1 aliphatic heterocycles. The van der Waals surface area contributed by atoms with Gasteiger partial charge in [-0.2, -0.15) is 0 Å². The molecule has 1 spiro atoms. The van der Waals surface area contributed by atoms with Crippen LogP contribution in [-0.4, -0.2) is 139 Å². The highest BCUT2D eigenvalue weighted by Gasteiger charge is 2.95. The van der Waals surface area contributed by atoms with E-state index in [0.29, 0.717) is 18.7 Å². The van der Waals surface area contributed by atoms with Gasteiger partial charge in [0.1, 0.15) is 29.5 Å². The molecule has 6 aliphatic rings. The molecule has 254 valence electrons. The van der Waals surface area contributed by atoms with E-state index >= 15 is 0 Å². The summed E-state index contributed by atoms with van der Waals surface area (Å²) in [5.74, 6) is -5.06. The van der Waals surface area contributed by atoms with Crippen LogP contribution in [0.2, 0.25) is 0 Å². The lowest BCUT2D eigenvalue weighted by Gasteiger charge is -2.72. The summed E-state index contributed by atoms with van der Waals surface area (Å²) in [6, 6.07) is 7.91. The second kappa shape index (κ2) is 10.5. The molecule has 5 aliphatic carbocycles. The first kappa shape index (κ1) is 32.5. The van der Waals surface area contributed by atoms with Crippen molar-refractivity contribution < 1.29 is 53.7 Å². The minimum absolute atomic E-state index is 0.142. The van der Waals surface area contributed by atoms with Gasteiger partial charge in [0, 0.05) is 94.9 Å². The molecular formula is C34H47NO11. The quantitative estimate of drug-likeness (QED) is 0.211. The highest BCUT2D eigenvalue weighted by molar-refractivity contribution is 5.99. The van der Waals surface area contributed by atoms with E-state index < -0.39 is 99.6 Å². The average Bonchev–Trinajstić information content (AvgIpc) is 3.40.